The summed E-state index contributed by atoms with van der Waals surface area (Å²) in [6, 6.07) is 0.255. The first-order valence-corrected chi connectivity index (χ1v) is 5.47. The van der Waals surface area contributed by atoms with Crippen LogP contribution in [0.2, 0.25) is 0 Å². The molecule has 1 heterocycles. The summed E-state index contributed by atoms with van der Waals surface area (Å²) in [5, 5.41) is 18.2. The molecule has 0 amide bonds. The zero-order valence-corrected chi connectivity index (χ0v) is 9.30. The number of methoxy groups -OCH3 is 1. The van der Waals surface area contributed by atoms with Crippen molar-refractivity contribution < 1.29 is 14.9 Å². The van der Waals surface area contributed by atoms with Crippen molar-refractivity contribution in [2.45, 2.75) is 31.1 Å². The van der Waals surface area contributed by atoms with E-state index in [9.17, 15) is 5.11 Å². The fourth-order valence-electron chi connectivity index (χ4n) is 2.09. The Kier molecular flexibility index (Phi) is 5.49. The lowest BCUT2D eigenvalue weighted by Crippen LogP contribution is -2.51. The Labute approximate surface area is 90.8 Å². The molecule has 0 bridgehead atoms. The molecule has 1 saturated heterocycles. The molecule has 90 valence electrons. The number of nitrogens with zero attached hydrogens (tertiary/aromatic N) is 1. The number of nitrogens with two attached hydrogens (primary N) is 1. The molecular weight excluding hydrogens is 196 g/mol. The molecule has 5 heteroatoms. The number of hydrogen-bond acceptors (Lipinski definition) is 5. The first-order valence-electron chi connectivity index (χ1n) is 5.47. The van der Waals surface area contributed by atoms with Crippen LogP contribution in [0.5, 0.6) is 0 Å². The first-order chi connectivity index (χ1) is 7.21. The van der Waals surface area contributed by atoms with Gasteiger partial charge in [-0.3, -0.25) is 4.90 Å². The highest BCUT2D eigenvalue weighted by atomic mass is 16.5. The molecule has 0 aromatic heterocycles. The van der Waals surface area contributed by atoms with Crippen LogP contribution >= 0.6 is 0 Å². The van der Waals surface area contributed by atoms with Gasteiger partial charge < -0.3 is 20.7 Å². The van der Waals surface area contributed by atoms with Gasteiger partial charge in [-0.15, -0.1) is 0 Å². The summed E-state index contributed by atoms with van der Waals surface area (Å²) in [6.45, 7) is 1.74. The number of aliphatic hydroxyl groups is 2. The van der Waals surface area contributed by atoms with E-state index >= 15 is 0 Å². The van der Waals surface area contributed by atoms with Crippen LogP contribution in [0.3, 0.4) is 0 Å². The highest BCUT2D eigenvalue weighted by Gasteiger charge is 2.28. The second-order valence-electron chi connectivity index (χ2n) is 4.10. The maximum absolute atomic E-state index is 9.38. The predicted molar refractivity (Wildman–Crippen MR) is 57.5 cm³/mol. The van der Waals surface area contributed by atoms with Crippen LogP contribution in [-0.4, -0.2) is 66.7 Å². The molecule has 5 nitrogen and oxygen atoms in total. The summed E-state index contributed by atoms with van der Waals surface area (Å²) >= 11 is 0. The van der Waals surface area contributed by atoms with Crippen molar-refractivity contribution in [1.29, 1.82) is 0 Å². The third-order valence-corrected chi connectivity index (χ3v) is 3.05. The quantitative estimate of drug-likeness (QED) is 0.539. The fourth-order valence-corrected chi connectivity index (χ4v) is 2.09. The Bertz CT molecular complexity index is 180. The van der Waals surface area contributed by atoms with Crippen molar-refractivity contribution in [3.63, 3.8) is 0 Å². The van der Waals surface area contributed by atoms with Gasteiger partial charge in [0.2, 0.25) is 0 Å². The second kappa shape index (κ2) is 6.40. The molecule has 0 saturated carbocycles. The average molecular weight is 218 g/mol. The minimum Gasteiger partial charge on any atom is -0.394 e. The highest BCUT2D eigenvalue weighted by molar-refractivity contribution is 4.84. The van der Waals surface area contributed by atoms with Gasteiger partial charge in [0.05, 0.1) is 18.8 Å². The van der Waals surface area contributed by atoms with Gasteiger partial charge in [0.25, 0.3) is 0 Å². The molecule has 15 heavy (non-hydrogen) atoms. The van der Waals surface area contributed by atoms with E-state index in [-0.39, 0.29) is 18.8 Å². The number of rotatable bonds is 5. The number of β-amino-alcohol motifs (C(OH)–C–C–N with tert-alkyl or cyclic N) is 1. The summed E-state index contributed by atoms with van der Waals surface area (Å²) in [5.74, 6) is 0. The normalized spacial score (nSPS) is 30.4. The molecule has 1 aliphatic heterocycles. The Morgan fingerprint density at radius 3 is 2.87 bits per heavy atom. The first kappa shape index (κ1) is 12.9. The lowest BCUT2D eigenvalue weighted by atomic mass is 9.99. The van der Waals surface area contributed by atoms with Gasteiger partial charge in [-0.1, -0.05) is 0 Å². The number of likely N-dealkylation sites (tertiary alicyclic amines) is 1. The highest BCUT2D eigenvalue weighted by Crippen LogP contribution is 2.19. The lowest BCUT2D eigenvalue weighted by molar-refractivity contribution is -0.0133. The Hall–Kier alpha value is -0.200. The number of ether oxygens (including phenoxy) is 1. The minimum atomic E-state index is -0.668. The van der Waals surface area contributed by atoms with Crippen LogP contribution in [0.25, 0.3) is 0 Å². The van der Waals surface area contributed by atoms with E-state index in [1.165, 1.54) is 0 Å². The molecule has 0 radical (unpaired) electrons. The summed E-state index contributed by atoms with van der Waals surface area (Å²) in [4.78, 5) is 2.14. The van der Waals surface area contributed by atoms with Crippen LogP contribution in [-0.2, 0) is 4.74 Å². The van der Waals surface area contributed by atoms with Gasteiger partial charge in [-0.05, 0) is 12.8 Å². The molecule has 1 fully saturated rings. The van der Waals surface area contributed by atoms with Crippen molar-refractivity contribution >= 4 is 0 Å². The lowest BCUT2D eigenvalue weighted by Gasteiger charge is -2.39. The van der Waals surface area contributed by atoms with Crippen molar-refractivity contribution in [2.75, 3.05) is 33.4 Å². The standard InChI is InChI=1S/C10H22N2O3/c1-15-10-2-3-12(6-9(14)7-13)8(4-10)5-11/h8-10,13-14H,2-7,11H2,1H3. The van der Waals surface area contributed by atoms with Gasteiger partial charge in [0.15, 0.2) is 0 Å². The van der Waals surface area contributed by atoms with Crippen molar-refractivity contribution in [2.24, 2.45) is 5.73 Å². The molecular formula is C10H22N2O3. The van der Waals surface area contributed by atoms with Crippen LogP contribution in [0.4, 0.5) is 0 Å². The van der Waals surface area contributed by atoms with Crippen LogP contribution in [0.15, 0.2) is 0 Å². The summed E-state index contributed by atoms with van der Waals surface area (Å²) < 4.78 is 5.31. The molecule has 3 atom stereocenters. The fraction of sp³-hybridized carbons (Fsp3) is 1.00. The van der Waals surface area contributed by atoms with Crippen LogP contribution in [0.1, 0.15) is 12.8 Å². The molecule has 1 aliphatic rings. The molecule has 4 N–H and O–H groups in total. The van der Waals surface area contributed by atoms with Gasteiger partial charge in [0, 0.05) is 32.8 Å². The average Bonchev–Trinajstić information content (AvgIpc) is 2.29. The van der Waals surface area contributed by atoms with Crippen LogP contribution < -0.4 is 5.73 Å². The monoisotopic (exact) mass is 218 g/mol. The molecule has 1 rings (SSSR count). The number of hydrogen-bond donors (Lipinski definition) is 3. The Balaban J connectivity index is 2.43. The molecule has 3 unspecified atom stereocenters. The van der Waals surface area contributed by atoms with Gasteiger partial charge in [-0.2, -0.15) is 0 Å². The third-order valence-electron chi connectivity index (χ3n) is 3.05. The van der Waals surface area contributed by atoms with Gasteiger partial charge >= 0.3 is 0 Å². The molecule has 0 aromatic carbocycles. The molecule has 0 aliphatic carbocycles. The number of aliphatic hydroxyl groups excluding tert-OH is 2. The Morgan fingerprint density at radius 2 is 2.33 bits per heavy atom. The van der Waals surface area contributed by atoms with Crippen molar-refractivity contribution in [3.8, 4) is 0 Å². The van der Waals surface area contributed by atoms with Crippen molar-refractivity contribution in [1.82, 2.24) is 4.90 Å². The summed E-state index contributed by atoms with van der Waals surface area (Å²) in [6.07, 6.45) is 1.48. The molecule has 0 spiro atoms. The van der Waals surface area contributed by atoms with E-state index < -0.39 is 6.10 Å². The SMILES string of the molecule is COC1CCN(CC(O)CO)C(CN)C1. The van der Waals surface area contributed by atoms with Gasteiger partial charge in [0.1, 0.15) is 0 Å². The predicted octanol–water partition coefficient (Wildman–Crippen LogP) is -1.22. The van der Waals surface area contributed by atoms with Gasteiger partial charge in [-0.25, -0.2) is 0 Å². The summed E-state index contributed by atoms with van der Waals surface area (Å²) in [7, 11) is 1.72. The smallest absolute Gasteiger partial charge is 0.0897 e. The Morgan fingerprint density at radius 1 is 1.60 bits per heavy atom. The third kappa shape index (κ3) is 3.70. The van der Waals surface area contributed by atoms with E-state index in [2.05, 4.69) is 4.90 Å². The summed E-state index contributed by atoms with van der Waals surface area (Å²) in [5.41, 5.74) is 5.69. The molecule has 0 aromatic rings. The van der Waals surface area contributed by atoms with E-state index in [4.69, 9.17) is 15.6 Å². The zero-order chi connectivity index (χ0) is 11.3. The van der Waals surface area contributed by atoms with Crippen molar-refractivity contribution in [3.05, 3.63) is 0 Å². The van der Waals surface area contributed by atoms with E-state index in [0.29, 0.717) is 13.1 Å². The minimum absolute atomic E-state index is 0.193. The topological polar surface area (TPSA) is 79.0 Å². The van der Waals surface area contributed by atoms with E-state index in [1.54, 1.807) is 7.11 Å². The maximum Gasteiger partial charge on any atom is 0.0897 e. The maximum atomic E-state index is 9.38. The second-order valence-corrected chi connectivity index (χ2v) is 4.10. The number of piperidine rings is 1. The van der Waals surface area contributed by atoms with E-state index in [1.807, 2.05) is 0 Å². The van der Waals surface area contributed by atoms with Crippen LogP contribution in [0, 0.1) is 0 Å². The zero-order valence-electron chi connectivity index (χ0n) is 9.30. The largest absolute Gasteiger partial charge is 0.394 e. The van der Waals surface area contributed by atoms with E-state index in [0.717, 1.165) is 19.4 Å².